The number of nitrogens with zero attached hydrogens (tertiary/aromatic N) is 1. The van der Waals surface area contributed by atoms with Crippen LogP contribution < -0.4 is 5.32 Å². The number of aromatic nitrogens is 1. The summed E-state index contributed by atoms with van der Waals surface area (Å²) in [4.78, 5) is 18.1. The second-order valence-corrected chi connectivity index (χ2v) is 7.07. The van der Waals surface area contributed by atoms with Gasteiger partial charge in [-0.3, -0.25) is 4.79 Å². The molecule has 4 rings (SSSR count). The lowest BCUT2D eigenvalue weighted by molar-refractivity contribution is 0.0954. The molecule has 0 saturated heterocycles. The van der Waals surface area contributed by atoms with Gasteiger partial charge in [0.05, 0.1) is 0 Å². The van der Waals surface area contributed by atoms with Crippen molar-refractivity contribution in [3.05, 3.63) is 87.9 Å². The molecule has 2 aromatic heterocycles. The van der Waals surface area contributed by atoms with E-state index in [-0.39, 0.29) is 5.91 Å². The Labute approximate surface area is 155 Å². The minimum absolute atomic E-state index is 0.0870. The zero-order valence-corrected chi connectivity index (χ0v) is 15.0. The molecule has 4 nitrogen and oxygen atoms in total. The van der Waals surface area contributed by atoms with Crippen LogP contribution >= 0.6 is 11.3 Å². The van der Waals surface area contributed by atoms with Crippen LogP contribution in [0.15, 0.2) is 70.5 Å². The Morgan fingerprint density at radius 2 is 1.96 bits per heavy atom. The van der Waals surface area contributed by atoms with Gasteiger partial charge >= 0.3 is 0 Å². The van der Waals surface area contributed by atoms with E-state index < -0.39 is 0 Å². The number of hydrogen-bond acceptors (Lipinski definition) is 4. The average Bonchev–Trinajstić information content (AvgIpc) is 3.31. The van der Waals surface area contributed by atoms with Crippen LogP contribution in [-0.4, -0.2) is 17.4 Å². The third-order valence-electron chi connectivity index (χ3n) is 4.13. The molecule has 0 aliphatic rings. The van der Waals surface area contributed by atoms with Crippen LogP contribution in [0.5, 0.6) is 0 Å². The predicted octanol–water partition coefficient (Wildman–Crippen LogP) is 4.45. The minimum Gasteiger partial charge on any atom is -0.440 e. The Bertz CT molecular complexity index is 1010. The minimum atomic E-state index is -0.0870. The molecule has 1 N–H and O–H groups in total. The number of nitrogens with one attached hydrogen (secondary N) is 1. The van der Waals surface area contributed by atoms with E-state index in [0.717, 1.165) is 12.0 Å². The maximum atomic E-state index is 12.3. The Morgan fingerprint density at radius 3 is 2.77 bits per heavy atom. The van der Waals surface area contributed by atoms with E-state index in [2.05, 4.69) is 16.4 Å². The molecule has 0 atom stereocenters. The van der Waals surface area contributed by atoms with E-state index in [1.54, 1.807) is 23.5 Å². The number of oxazole rings is 1. The summed E-state index contributed by atoms with van der Waals surface area (Å²) in [7, 11) is 0. The quantitative estimate of drug-likeness (QED) is 0.551. The number of carbonyl (C=O) groups excluding carboxylic acids is 1. The molecule has 0 bridgehead atoms. The number of benzene rings is 2. The topological polar surface area (TPSA) is 55.1 Å². The summed E-state index contributed by atoms with van der Waals surface area (Å²) < 4.78 is 5.80. The summed E-state index contributed by atoms with van der Waals surface area (Å²) in [6.45, 7) is 0.620. The first kappa shape index (κ1) is 16.5. The lowest BCUT2D eigenvalue weighted by Crippen LogP contribution is -2.25. The van der Waals surface area contributed by atoms with Crippen LogP contribution in [0.4, 0.5) is 0 Å². The van der Waals surface area contributed by atoms with Gasteiger partial charge in [-0.25, -0.2) is 4.98 Å². The highest BCUT2D eigenvalue weighted by Crippen LogP contribution is 2.19. The van der Waals surface area contributed by atoms with Crippen molar-refractivity contribution in [3.8, 4) is 0 Å². The van der Waals surface area contributed by atoms with Crippen LogP contribution in [0, 0.1) is 0 Å². The average molecular weight is 362 g/mol. The lowest BCUT2D eigenvalue weighted by Gasteiger charge is -2.04. The van der Waals surface area contributed by atoms with E-state index in [9.17, 15) is 4.79 Å². The fourth-order valence-electron chi connectivity index (χ4n) is 2.82. The van der Waals surface area contributed by atoms with Crippen LogP contribution in [-0.2, 0) is 12.8 Å². The molecule has 5 heteroatoms. The molecule has 2 heterocycles. The van der Waals surface area contributed by atoms with Gasteiger partial charge in [0.25, 0.3) is 5.91 Å². The van der Waals surface area contributed by atoms with Gasteiger partial charge in [0.2, 0.25) is 0 Å². The first-order chi connectivity index (χ1) is 12.8. The van der Waals surface area contributed by atoms with Crippen molar-refractivity contribution >= 4 is 28.3 Å². The van der Waals surface area contributed by atoms with Crippen LogP contribution in [0.2, 0.25) is 0 Å². The molecule has 4 aromatic rings. The highest BCUT2D eigenvalue weighted by molar-refractivity contribution is 7.09. The van der Waals surface area contributed by atoms with E-state index in [0.29, 0.717) is 35.5 Å². The number of carbonyl (C=O) groups is 1. The second-order valence-electron chi connectivity index (χ2n) is 6.04. The number of amides is 1. The summed E-state index contributed by atoms with van der Waals surface area (Å²) in [5.74, 6) is 0.567. The summed E-state index contributed by atoms with van der Waals surface area (Å²) >= 11 is 1.70. The van der Waals surface area contributed by atoms with Crippen LogP contribution in [0.25, 0.3) is 11.1 Å². The van der Waals surface area contributed by atoms with Gasteiger partial charge in [0, 0.05) is 23.4 Å². The molecule has 1 amide bonds. The van der Waals surface area contributed by atoms with Gasteiger partial charge in [-0.15, -0.1) is 11.3 Å². The predicted molar refractivity (Wildman–Crippen MR) is 104 cm³/mol. The molecule has 130 valence electrons. The van der Waals surface area contributed by atoms with Crippen molar-refractivity contribution < 1.29 is 9.21 Å². The highest BCUT2D eigenvalue weighted by atomic mass is 32.1. The summed E-state index contributed by atoms with van der Waals surface area (Å²) in [6, 6.07) is 19.5. The molecule has 2 aromatic carbocycles. The number of fused-ring (bicyclic) bond motifs is 1. The molecule has 0 fully saturated rings. The zero-order valence-electron chi connectivity index (χ0n) is 14.1. The Kier molecular flexibility index (Phi) is 4.80. The molecule has 0 radical (unpaired) electrons. The second kappa shape index (κ2) is 7.54. The van der Waals surface area contributed by atoms with Crippen molar-refractivity contribution in [2.75, 3.05) is 6.54 Å². The number of thiophene rings is 1. The fraction of sp³-hybridized carbons (Fsp3) is 0.143. The molecule has 26 heavy (non-hydrogen) atoms. The van der Waals surface area contributed by atoms with Gasteiger partial charge in [-0.05, 0) is 41.6 Å². The van der Waals surface area contributed by atoms with Crippen molar-refractivity contribution in [3.63, 3.8) is 0 Å². The van der Waals surface area contributed by atoms with Crippen LogP contribution in [0.1, 0.15) is 26.7 Å². The van der Waals surface area contributed by atoms with Gasteiger partial charge in [0.15, 0.2) is 11.5 Å². The summed E-state index contributed by atoms with van der Waals surface area (Å²) in [6.07, 6.45) is 1.48. The first-order valence-electron chi connectivity index (χ1n) is 8.52. The van der Waals surface area contributed by atoms with E-state index in [1.165, 1.54) is 4.88 Å². The Morgan fingerprint density at radius 1 is 1.08 bits per heavy atom. The third kappa shape index (κ3) is 3.83. The molecular formula is C21H18N2O2S. The van der Waals surface area contributed by atoms with Crippen molar-refractivity contribution in [2.45, 2.75) is 12.8 Å². The maximum Gasteiger partial charge on any atom is 0.251 e. The lowest BCUT2D eigenvalue weighted by atomic mass is 10.1. The molecular weight excluding hydrogens is 344 g/mol. The van der Waals surface area contributed by atoms with Gasteiger partial charge in [-0.1, -0.05) is 36.4 Å². The molecule has 0 spiro atoms. The van der Waals surface area contributed by atoms with Crippen molar-refractivity contribution in [1.29, 1.82) is 0 Å². The smallest absolute Gasteiger partial charge is 0.251 e. The van der Waals surface area contributed by atoms with Crippen molar-refractivity contribution in [1.82, 2.24) is 10.3 Å². The van der Waals surface area contributed by atoms with Gasteiger partial charge < -0.3 is 9.73 Å². The Balaban J connectivity index is 1.44. The maximum absolute atomic E-state index is 12.3. The molecule has 0 saturated carbocycles. The molecule has 0 unspecified atom stereocenters. The van der Waals surface area contributed by atoms with Crippen LogP contribution in [0.3, 0.4) is 0 Å². The van der Waals surface area contributed by atoms with E-state index in [4.69, 9.17) is 4.42 Å². The zero-order chi connectivity index (χ0) is 17.8. The standard InChI is InChI=1S/C21H18N2O2S/c24-21(22-11-10-17-7-4-12-26-17)16-8-9-19-18(14-16)23-20(25-19)13-15-5-2-1-3-6-15/h1-9,12,14H,10-11,13H2,(H,22,24). The number of rotatable bonds is 6. The summed E-state index contributed by atoms with van der Waals surface area (Å²) in [5, 5.41) is 5.00. The third-order valence-corrected chi connectivity index (χ3v) is 5.07. The van der Waals surface area contributed by atoms with Gasteiger partial charge in [-0.2, -0.15) is 0 Å². The SMILES string of the molecule is O=C(NCCc1cccs1)c1ccc2oc(Cc3ccccc3)nc2c1. The normalized spacial score (nSPS) is 10.9. The largest absolute Gasteiger partial charge is 0.440 e. The van der Waals surface area contributed by atoms with Crippen molar-refractivity contribution in [2.24, 2.45) is 0 Å². The van der Waals surface area contributed by atoms with Gasteiger partial charge in [0.1, 0.15) is 5.52 Å². The first-order valence-corrected chi connectivity index (χ1v) is 9.40. The highest BCUT2D eigenvalue weighted by Gasteiger charge is 2.11. The summed E-state index contributed by atoms with van der Waals surface area (Å²) in [5.41, 5.74) is 3.15. The van der Waals surface area contributed by atoms with E-state index >= 15 is 0 Å². The van der Waals surface area contributed by atoms with E-state index in [1.807, 2.05) is 47.8 Å². The monoisotopic (exact) mass is 362 g/mol. The molecule has 0 aliphatic carbocycles. The Hall–Kier alpha value is -2.92. The number of hydrogen-bond donors (Lipinski definition) is 1. The molecule has 0 aliphatic heterocycles. The fourth-order valence-corrected chi connectivity index (χ4v) is 3.53.